The summed E-state index contributed by atoms with van der Waals surface area (Å²) in [6.07, 6.45) is 0. The molecule has 2 fully saturated rings. The number of likely N-dealkylation sites (tertiary alicyclic amines) is 1. The van der Waals surface area contributed by atoms with E-state index in [1.807, 2.05) is 35.9 Å². The van der Waals surface area contributed by atoms with E-state index in [2.05, 4.69) is 5.32 Å². The number of carbonyl (C=O) groups is 2. The van der Waals surface area contributed by atoms with Gasteiger partial charge in [0.25, 0.3) is 5.91 Å². The number of carbonyl (C=O) groups excluding carboxylic acids is 2. The van der Waals surface area contributed by atoms with Crippen molar-refractivity contribution in [3.63, 3.8) is 0 Å². The van der Waals surface area contributed by atoms with Gasteiger partial charge in [0.05, 0.1) is 24.6 Å². The zero-order valence-electron chi connectivity index (χ0n) is 13.1. The molecule has 0 bridgehead atoms. The molecule has 0 aromatic carbocycles. The standard InChI is InChI=1S/C15H21N3O3S/c1-10-4-5-12(22-10)14(20)18-8-15(9-18)7-17(3)11(6-21-15)13(19)16-2/h4-5,11H,6-9H2,1-3H3,(H,16,19)/t11-/m0/s1. The summed E-state index contributed by atoms with van der Waals surface area (Å²) in [6.45, 7) is 4.22. The minimum Gasteiger partial charge on any atom is -0.368 e. The monoisotopic (exact) mass is 323 g/mol. The van der Waals surface area contributed by atoms with Crippen LogP contribution in [0.4, 0.5) is 0 Å². The van der Waals surface area contributed by atoms with Gasteiger partial charge in [0, 0.05) is 18.5 Å². The fourth-order valence-electron chi connectivity index (χ4n) is 3.13. The van der Waals surface area contributed by atoms with E-state index in [9.17, 15) is 9.59 Å². The van der Waals surface area contributed by atoms with Crippen molar-refractivity contribution >= 4 is 23.2 Å². The van der Waals surface area contributed by atoms with E-state index in [0.717, 1.165) is 9.75 Å². The first kappa shape index (κ1) is 15.5. The smallest absolute Gasteiger partial charge is 0.264 e. The van der Waals surface area contributed by atoms with Crippen molar-refractivity contribution in [2.24, 2.45) is 0 Å². The average molecular weight is 323 g/mol. The highest BCUT2D eigenvalue weighted by Gasteiger charge is 2.51. The molecule has 1 aromatic heterocycles. The first-order valence-electron chi connectivity index (χ1n) is 7.36. The fraction of sp³-hybridized carbons (Fsp3) is 0.600. The lowest BCUT2D eigenvalue weighted by atomic mass is 9.90. The lowest BCUT2D eigenvalue weighted by molar-refractivity contribution is -0.187. The summed E-state index contributed by atoms with van der Waals surface area (Å²) in [7, 11) is 3.56. The molecule has 120 valence electrons. The van der Waals surface area contributed by atoms with Crippen molar-refractivity contribution in [1.82, 2.24) is 15.1 Å². The van der Waals surface area contributed by atoms with Gasteiger partial charge in [0.2, 0.25) is 5.91 Å². The molecule has 2 aliphatic heterocycles. The third-order valence-electron chi connectivity index (χ3n) is 4.36. The van der Waals surface area contributed by atoms with Gasteiger partial charge in [-0.1, -0.05) is 0 Å². The quantitative estimate of drug-likeness (QED) is 0.852. The Morgan fingerprint density at radius 1 is 1.36 bits per heavy atom. The molecule has 2 aliphatic rings. The number of hydrogen-bond donors (Lipinski definition) is 1. The van der Waals surface area contributed by atoms with Crippen LogP contribution in [0.2, 0.25) is 0 Å². The molecule has 1 N–H and O–H groups in total. The largest absolute Gasteiger partial charge is 0.368 e. The second-order valence-electron chi connectivity index (χ2n) is 6.11. The summed E-state index contributed by atoms with van der Waals surface area (Å²) < 4.78 is 5.94. The first-order valence-corrected chi connectivity index (χ1v) is 8.17. The van der Waals surface area contributed by atoms with Crippen LogP contribution in [0.3, 0.4) is 0 Å². The van der Waals surface area contributed by atoms with Gasteiger partial charge in [-0.2, -0.15) is 0 Å². The van der Waals surface area contributed by atoms with Crippen LogP contribution in [0, 0.1) is 6.92 Å². The summed E-state index contributed by atoms with van der Waals surface area (Å²) in [6, 6.07) is 3.59. The van der Waals surface area contributed by atoms with Gasteiger partial charge in [-0.15, -0.1) is 11.3 Å². The summed E-state index contributed by atoms with van der Waals surface area (Å²) in [5, 5.41) is 2.66. The molecule has 6 nitrogen and oxygen atoms in total. The lowest BCUT2D eigenvalue weighted by Crippen LogP contribution is -2.73. The normalized spacial score (nSPS) is 24.1. The first-order chi connectivity index (χ1) is 10.4. The molecule has 0 radical (unpaired) electrons. The SMILES string of the molecule is CNC(=O)[C@@H]1COC2(CN(C(=O)c3ccc(C)s3)C2)CN1C. The topological polar surface area (TPSA) is 61.9 Å². The Kier molecular flexibility index (Phi) is 3.96. The Bertz CT molecular complexity index is 595. The highest BCUT2D eigenvalue weighted by atomic mass is 32.1. The average Bonchev–Trinajstić information content (AvgIpc) is 2.89. The van der Waals surface area contributed by atoms with Crippen LogP contribution < -0.4 is 5.32 Å². The van der Waals surface area contributed by atoms with E-state index in [4.69, 9.17) is 4.74 Å². The number of ether oxygens (including phenoxy) is 1. The molecule has 22 heavy (non-hydrogen) atoms. The predicted octanol–water partition coefficient (Wildman–Crippen LogP) is 0.328. The lowest BCUT2D eigenvalue weighted by Gasteiger charge is -2.54. The number of nitrogens with one attached hydrogen (secondary N) is 1. The fourth-order valence-corrected chi connectivity index (χ4v) is 3.96. The van der Waals surface area contributed by atoms with Crippen LogP contribution in [0.15, 0.2) is 12.1 Å². The minimum absolute atomic E-state index is 0.0290. The number of amides is 2. The van der Waals surface area contributed by atoms with Gasteiger partial charge in [-0.05, 0) is 26.1 Å². The molecule has 0 saturated carbocycles. The van der Waals surface area contributed by atoms with Gasteiger partial charge in [-0.3, -0.25) is 14.5 Å². The maximum Gasteiger partial charge on any atom is 0.264 e. The maximum absolute atomic E-state index is 12.4. The van der Waals surface area contributed by atoms with Gasteiger partial charge >= 0.3 is 0 Å². The number of morpholine rings is 1. The van der Waals surface area contributed by atoms with Crippen molar-refractivity contribution < 1.29 is 14.3 Å². The summed E-state index contributed by atoms with van der Waals surface area (Å²) in [4.78, 5) is 29.9. The number of aryl methyl sites for hydroxylation is 1. The highest BCUT2D eigenvalue weighted by molar-refractivity contribution is 7.13. The third-order valence-corrected chi connectivity index (χ3v) is 5.35. The van der Waals surface area contributed by atoms with Gasteiger partial charge in [0.1, 0.15) is 11.6 Å². The molecular weight excluding hydrogens is 302 g/mol. The number of nitrogens with zero attached hydrogens (tertiary/aromatic N) is 2. The van der Waals surface area contributed by atoms with E-state index >= 15 is 0 Å². The summed E-state index contributed by atoms with van der Waals surface area (Å²) in [5.41, 5.74) is -0.318. The zero-order chi connectivity index (χ0) is 15.9. The van der Waals surface area contributed by atoms with Crippen LogP contribution in [0.1, 0.15) is 14.5 Å². The molecular formula is C15H21N3O3S. The molecule has 0 aliphatic carbocycles. The second kappa shape index (κ2) is 5.64. The van der Waals surface area contributed by atoms with E-state index in [-0.39, 0.29) is 23.5 Å². The van der Waals surface area contributed by atoms with Crippen LogP contribution in [0.5, 0.6) is 0 Å². The molecule has 7 heteroatoms. The number of rotatable bonds is 2. The Balaban J connectivity index is 1.59. The van der Waals surface area contributed by atoms with Gasteiger partial charge in [0.15, 0.2) is 0 Å². The third kappa shape index (κ3) is 2.64. The number of thiophene rings is 1. The van der Waals surface area contributed by atoms with Crippen molar-refractivity contribution in [3.8, 4) is 0 Å². The predicted molar refractivity (Wildman–Crippen MR) is 84.1 cm³/mol. The summed E-state index contributed by atoms with van der Waals surface area (Å²) >= 11 is 1.52. The second-order valence-corrected chi connectivity index (χ2v) is 7.40. The zero-order valence-corrected chi connectivity index (χ0v) is 13.9. The number of hydrogen-bond acceptors (Lipinski definition) is 5. The van der Waals surface area contributed by atoms with E-state index < -0.39 is 0 Å². The Labute approximate surface area is 134 Å². The van der Waals surface area contributed by atoms with E-state index in [0.29, 0.717) is 26.2 Å². The Morgan fingerprint density at radius 2 is 2.09 bits per heavy atom. The van der Waals surface area contributed by atoms with E-state index in [1.165, 1.54) is 11.3 Å². The van der Waals surface area contributed by atoms with Gasteiger partial charge < -0.3 is 15.0 Å². The van der Waals surface area contributed by atoms with Crippen LogP contribution in [-0.2, 0) is 9.53 Å². The van der Waals surface area contributed by atoms with Crippen molar-refractivity contribution in [3.05, 3.63) is 21.9 Å². The molecule has 1 atom stereocenters. The molecule has 2 amide bonds. The molecule has 0 unspecified atom stereocenters. The van der Waals surface area contributed by atoms with Crippen molar-refractivity contribution in [1.29, 1.82) is 0 Å². The minimum atomic E-state index is -0.318. The summed E-state index contributed by atoms with van der Waals surface area (Å²) in [5.74, 6) is 0.0436. The molecule has 3 rings (SSSR count). The molecule has 1 aromatic rings. The van der Waals surface area contributed by atoms with Crippen molar-refractivity contribution in [2.75, 3.05) is 40.3 Å². The Hall–Kier alpha value is -1.44. The van der Waals surface area contributed by atoms with E-state index in [1.54, 1.807) is 7.05 Å². The molecule has 2 saturated heterocycles. The Morgan fingerprint density at radius 3 is 2.64 bits per heavy atom. The molecule has 1 spiro atoms. The maximum atomic E-state index is 12.4. The number of likely N-dealkylation sites (N-methyl/N-ethyl adjacent to an activating group) is 2. The van der Waals surface area contributed by atoms with Crippen LogP contribution in [-0.4, -0.2) is 73.6 Å². The van der Waals surface area contributed by atoms with Crippen molar-refractivity contribution in [2.45, 2.75) is 18.6 Å². The van der Waals surface area contributed by atoms with Gasteiger partial charge in [-0.25, -0.2) is 0 Å². The van der Waals surface area contributed by atoms with Crippen LogP contribution in [0.25, 0.3) is 0 Å². The van der Waals surface area contributed by atoms with Crippen LogP contribution >= 0.6 is 11.3 Å². The highest BCUT2D eigenvalue weighted by Crippen LogP contribution is 2.32. The molecule has 3 heterocycles.